The van der Waals surface area contributed by atoms with Crippen LogP contribution in [0.1, 0.15) is 16.7 Å². The highest BCUT2D eigenvalue weighted by atomic mass is 35.5. The van der Waals surface area contributed by atoms with Gasteiger partial charge in [0.25, 0.3) is 0 Å². The fourth-order valence-corrected chi connectivity index (χ4v) is 1.30. The van der Waals surface area contributed by atoms with Crippen LogP contribution in [0.15, 0.2) is 18.2 Å². The molecular formula is C11H14ClN. The van der Waals surface area contributed by atoms with Gasteiger partial charge in [-0.2, -0.15) is 0 Å². The largest absolute Gasteiger partial charge is 0.399 e. The highest BCUT2D eigenvalue weighted by Gasteiger charge is 2.00. The highest BCUT2D eigenvalue weighted by Crippen LogP contribution is 2.20. The van der Waals surface area contributed by atoms with Crippen molar-refractivity contribution in [2.75, 3.05) is 11.6 Å². The van der Waals surface area contributed by atoms with Gasteiger partial charge in [-0.05, 0) is 36.6 Å². The minimum absolute atomic E-state index is 0.545. The third-order valence-electron chi connectivity index (χ3n) is 2.26. The molecule has 0 heterocycles. The number of anilines is 1. The first-order valence-corrected chi connectivity index (χ1v) is 4.78. The fraction of sp³-hybridized carbons (Fsp3) is 0.273. The first-order valence-electron chi connectivity index (χ1n) is 4.25. The molecule has 0 unspecified atom stereocenters. The first-order chi connectivity index (χ1) is 6.16. The predicted molar refractivity (Wildman–Crippen MR) is 60.1 cm³/mol. The van der Waals surface area contributed by atoms with Gasteiger partial charge in [-0.1, -0.05) is 18.2 Å². The standard InChI is InChI=1S/C11H14ClN/c1-8-9(2)11(13)6-5-10(8)4-3-7-12/h3-6H,7,13H2,1-2H3. The van der Waals surface area contributed by atoms with Gasteiger partial charge in [0.15, 0.2) is 0 Å². The van der Waals surface area contributed by atoms with Crippen molar-refractivity contribution >= 4 is 23.4 Å². The zero-order chi connectivity index (χ0) is 9.84. The van der Waals surface area contributed by atoms with Gasteiger partial charge in [-0.3, -0.25) is 0 Å². The van der Waals surface area contributed by atoms with E-state index in [9.17, 15) is 0 Å². The van der Waals surface area contributed by atoms with Crippen LogP contribution < -0.4 is 5.73 Å². The fourth-order valence-electron chi connectivity index (χ4n) is 1.21. The number of allylic oxidation sites excluding steroid dienone is 1. The summed E-state index contributed by atoms with van der Waals surface area (Å²) in [4.78, 5) is 0. The van der Waals surface area contributed by atoms with Crippen LogP contribution in [-0.4, -0.2) is 5.88 Å². The molecule has 0 atom stereocenters. The Labute approximate surface area is 84.2 Å². The molecule has 1 rings (SSSR count). The van der Waals surface area contributed by atoms with E-state index in [1.807, 2.05) is 31.2 Å². The number of nitrogen functional groups attached to an aromatic ring is 1. The number of nitrogens with two attached hydrogens (primary N) is 1. The summed E-state index contributed by atoms with van der Waals surface area (Å²) in [7, 11) is 0. The minimum atomic E-state index is 0.545. The lowest BCUT2D eigenvalue weighted by Crippen LogP contribution is -1.94. The Morgan fingerprint density at radius 1 is 1.31 bits per heavy atom. The van der Waals surface area contributed by atoms with Gasteiger partial charge >= 0.3 is 0 Å². The molecule has 70 valence electrons. The van der Waals surface area contributed by atoms with Crippen molar-refractivity contribution < 1.29 is 0 Å². The van der Waals surface area contributed by atoms with E-state index in [0.29, 0.717) is 5.88 Å². The lowest BCUT2D eigenvalue weighted by Gasteiger charge is -2.07. The average Bonchev–Trinajstić information content (AvgIpc) is 2.13. The molecule has 2 N–H and O–H groups in total. The van der Waals surface area contributed by atoms with Crippen molar-refractivity contribution in [1.29, 1.82) is 0 Å². The predicted octanol–water partition coefficient (Wildman–Crippen LogP) is 3.14. The SMILES string of the molecule is Cc1c(N)ccc(C=CCCl)c1C. The van der Waals surface area contributed by atoms with Gasteiger partial charge in [0.1, 0.15) is 0 Å². The van der Waals surface area contributed by atoms with Crippen LogP contribution in [0.5, 0.6) is 0 Å². The molecule has 1 aromatic rings. The van der Waals surface area contributed by atoms with Gasteiger partial charge in [-0.25, -0.2) is 0 Å². The average molecular weight is 196 g/mol. The number of hydrogen-bond donors (Lipinski definition) is 1. The maximum absolute atomic E-state index is 5.77. The molecule has 0 aromatic heterocycles. The van der Waals surface area contributed by atoms with Gasteiger partial charge in [0.2, 0.25) is 0 Å². The van der Waals surface area contributed by atoms with Crippen LogP contribution in [-0.2, 0) is 0 Å². The summed E-state index contributed by atoms with van der Waals surface area (Å²) in [5, 5.41) is 0. The summed E-state index contributed by atoms with van der Waals surface area (Å²) in [6.45, 7) is 4.10. The summed E-state index contributed by atoms with van der Waals surface area (Å²) in [6.07, 6.45) is 3.95. The van der Waals surface area contributed by atoms with Crippen LogP contribution >= 0.6 is 11.6 Å². The van der Waals surface area contributed by atoms with Crippen LogP contribution in [0.4, 0.5) is 5.69 Å². The number of halogens is 1. The van der Waals surface area contributed by atoms with E-state index in [1.165, 1.54) is 11.1 Å². The van der Waals surface area contributed by atoms with E-state index < -0.39 is 0 Å². The third kappa shape index (κ3) is 2.25. The molecule has 1 aromatic carbocycles. The topological polar surface area (TPSA) is 26.0 Å². The lowest BCUT2D eigenvalue weighted by molar-refractivity contribution is 1.33. The number of benzene rings is 1. The normalized spacial score (nSPS) is 11.0. The Morgan fingerprint density at radius 2 is 2.00 bits per heavy atom. The highest BCUT2D eigenvalue weighted by molar-refractivity contribution is 6.19. The molecule has 0 saturated carbocycles. The quantitative estimate of drug-likeness (QED) is 0.570. The monoisotopic (exact) mass is 195 g/mol. The van der Waals surface area contributed by atoms with E-state index in [4.69, 9.17) is 17.3 Å². The van der Waals surface area contributed by atoms with Gasteiger partial charge in [0.05, 0.1) is 0 Å². The van der Waals surface area contributed by atoms with Gasteiger partial charge in [-0.15, -0.1) is 11.6 Å². The summed E-state index contributed by atoms with van der Waals surface area (Å²) in [5.74, 6) is 0.545. The summed E-state index contributed by atoms with van der Waals surface area (Å²) < 4.78 is 0. The Balaban J connectivity index is 3.11. The van der Waals surface area contributed by atoms with E-state index >= 15 is 0 Å². The molecule has 0 radical (unpaired) electrons. The number of rotatable bonds is 2. The van der Waals surface area contributed by atoms with Crippen molar-refractivity contribution in [3.05, 3.63) is 34.9 Å². The second kappa shape index (κ2) is 4.33. The van der Waals surface area contributed by atoms with Crippen molar-refractivity contribution in [3.63, 3.8) is 0 Å². The molecule has 0 bridgehead atoms. The van der Waals surface area contributed by atoms with E-state index in [-0.39, 0.29) is 0 Å². The van der Waals surface area contributed by atoms with E-state index in [1.54, 1.807) is 0 Å². The van der Waals surface area contributed by atoms with Gasteiger partial charge < -0.3 is 5.73 Å². The van der Waals surface area contributed by atoms with Crippen LogP contribution in [0.25, 0.3) is 6.08 Å². The van der Waals surface area contributed by atoms with Crippen LogP contribution in [0.2, 0.25) is 0 Å². The Hall–Kier alpha value is -0.950. The smallest absolute Gasteiger partial charge is 0.0407 e. The molecule has 2 heteroatoms. The maximum Gasteiger partial charge on any atom is 0.0407 e. The molecule has 1 nitrogen and oxygen atoms in total. The number of alkyl halides is 1. The summed E-state index contributed by atoms with van der Waals surface area (Å²) in [5.41, 5.74) is 10.2. The van der Waals surface area contributed by atoms with Crippen molar-refractivity contribution in [2.24, 2.45) is 0 Å². The molecule has 13 heavy (non-hydrogen) atoms. The maximum atomic E-state index is 5.77. The zero-order valence-electron chi connectivity index (χ0n) is 7.97. The van der Waals surface area contributed by atoms with Gasteiger partial charge in [0, 0.05) is 11.6 Å². The van der Waals surface area contributed by atoms with Crippen LogP contribution in [0.3, 0.4) is 0 Å². The van der Waals surface area contributed by atoms with E-state index in [2.05, 4.69) is 6.92 Å². The molecule has 0 spiro atoms. The zero-order valence-corrected chi connectivity index (χ0v) is 8.73. The molecular weight excluding hydrogens is 182 g/mol. The molecule has 0 amide bonds. The Morgan fingerprint density at radius 3 is 2.62 bits per heavy atom. The second-order valence-electron chi connectivity index (χ2n) is 3.05. The molecule has 0 fully saturated rings. The Bertz CT molecular complexity index is 329. The van der Waals surface area contributed by atoms with Crippen molar-refractivity contribution in [3.8, 4) is 0 Å². The molecule has 0 saturated heterocycles. The molecule has 0 aliphatic rings. The number of hydrogen-bond acceptors (Lipinski definition) is 1. The Kier molecular flexibility index (Phi) is 3.38. The molecule has 0 aliphatic heterocycles. The minimum Gasteiger partial charge on any atom is -0.399 e. The second-order valence-corrected chi connectivity index (χ2v) is 3.36. The van der Waals surface area contributed by atoms with Crippen molar-refractivity contribution in [2.45, 2.75) is 13.8 Å². The van der Waals surface area contributed by atoms with E-state index in [0.717, 1.165) is 11.3 Å². The lowest BCUT2D eigenvalue weighted by atomic mass is 10.0. The molecule has 0 aliphatic carbocycles. The third-order valence-corrected chi connectivity index (χ3v) is 2.44. The first kappa shape index (κ1) is 10.1. The van der Waals surface area contributed by atoms with Crippen LogP contribution in [0, 0.1) is 13.8 Å². The summed E-state index contributed by atoms with van der Waals surface area (Å²) >= 11 is 5.56. The summed E-state index contributed by atoms with van der Waals surface area (Å²) in [6, 6.07) is 3.94. The van der Waals surface area contributed by atoms with Crippen molar-refractivity contribution in [1.82, 2.24) is 0 Å².